The fourth-order valence-corrected chi connectivity index (χ4v) is 3.03. The molecule has 6 heteroatoms. The van der Waals surface area contributed by atoms with E-state index in [-0.39, 0.29) is 11.9 Å². The van der Waals surface area contributed by atoms with Crippen LogP contribution in [0.1, 0.15) is 28.5 Å². The third-order valence-corrected chi connectivity index (χ3v) is 4.30. The van der Waals surface area contributed by atoms with Crippen LogP contribution in [0.4, 0.5) is 0 Å². The first-order valence-corrected chi connectivity index (χ1v) is 7.54. The largest absolute Gasteiger partial charge is 0.493 e. The highest BCUT2D eigenvalue weighted by atomic mass is 79.9. The summed E-state index contributed by atoms with van der Waals surface area (Å²) in [7, 11) is 3.60. The maximum atomic E-state index is 12.6. The lowest BCUT2D eigenvalue weighted by molar-refractivity contribution is 0.0675. The summed E-state index contributed by atoms with van der Waals surface area (Å²) in [4.78, 5) is 14.4. The Labute approximate surface area is 131 Å². The van der Waals surface area contributed by atoms with Crippen molar-refractivity contribution in [3.8, 4) is 5.75 Å². The Hall–Kier alpha value is -1.82. The summed E-state index contributed by atoms with van der Waals surface area (Å²) in [5.74, 6) is 0.812. The van der Waals surface area contributed by atoms with Crippen molar-refractivity contribution in [1.82, 2.24) is 14.7 Å². The summed E-state index contributed by atoms with van der Waals surface area (Å²) in [6.07, 6.45) is 2.42. The van der Waals surface area contributed by atoms with Crippen molar-refractivity contribution in [2.24, 2.45) is 7.05 Å². The number of aryl methyl sites for hydroxylation is 1. The highest BCUT2D eigenvalue weighted by Gasteiger charge is 2.29. The SMILES string of the molecule is CN(C(=O)c1ccnn1C)C1CCOc2ccc(Br)cc21. The third kappa shape index (κ3) is 2.55. The molecule has 0 aliphatic carbocycles. The van der Waals surface area contributed by atoms with Gasteiger partial charge in [0, 0.05) is 36.7 Å². The molecule has 1 aliphatic heterocycles. The molecular formula is C15H16BrN3O2. The molecule has 0 N–H and O–H groups in total. The van der Waals surface area contributed by atoms with Gasteiger partial charge in [0.2, 0.25) is 0 Å². The predicted octanol–water partition coefficient (Wildman–Crippen LogP) is 2.78. The van der Waals surface area contributed by atoms with Crippen LogP contribution in [0.15, 0.2) is 34.9 Å². The molecule has 21 heavy (non-hydrogen) atoms. The quantitative estimate of drug-likeness (QED) is 0.837. The van der Waals surface area contributed by atoms with Crippen molar-refractivity contribution in [2.45, 2.75) is 12.5 Å². The minimum atomic E-state index is -0.0344. The minimum Gasteiger partial charge on any atom is -0.493 e. The molecule has 0 radical (unpaired) electrons. The number of aromatic nitrogens is 2. The summed E-state index contributed by atoms with van der Waals surface area (Å²) in [5.41, 5.74) is 1.62. The van der Waals surface area contributed by atoms with Crippen LogP contribution in [0.25, 0.3) is 0 Å². The molecule has 0 spiro atoms. The number of carbonyl (C=O) groups is 1. The molecule has 0 bridgehead atoms. The number of hydrogen-bond acceptors (Lipinski definition) is 3. The van der Waals surface area contributed by atoms with E-state index in [2.05, 4.69) is 21.0 Å². The molecule has 1 aliphatic rings. The molecule has 0 saturated carbocycles. The first-order chi connectivity index (χ1) is 10.1. The Morgan fingerprint density at radius 1 is 1.48 bits per heavy atom. The maximum Gasteiger partial charge on any atom is 0.272 e. The van der Waals surface area contributed by atoms with Gasteiger partial charge >= 0.3 is 0 Å². The standard InChI is InChI=1S/C15H16BrN3O2/c1-18(15(20)13-5-7-17-19(13)2)12-6-8-21-14-4-3-10(16)9-11(12)14/h3-5,7,9,12H,6,8H2,1-2H3. The van der Waals surface area contributed by atoms with Crippen molar-refractivity contribution in [3.63, 3.8) is 0 Å². The van der Waals surface area contributed by atoms with E-state index >= 15 is 0 Å². The Bertz CT molecular complexity index is 683. The molecule has 1 aromatic carbocycles. The average Bonchev–Trinajstić information content (AvgIpc) is 2.91. The number of nitrogens with zero attached hydrogens (tertiary/aromatic N) is 3. The Kier molecular flexibility index (Phi) is 3.71. The Balaban J connectivity index is 1.93. The monoisotopic (exact) mass is 349 g/mol. The van der Waals surface area contributed by atoms with Gasteiger partial charge in [-0.15, -0.1) is 0 Å². The molecule has 1 atom stereocenters. The fourth-order valence-electron chi connectivity index (χ4n) is 2.66. The van der Waals surface area contributed by atoms with Crippen molar-refractivity contribution in [2.75, 3.05) is 13.7 Å². The van der Waals surface area contributed by atoms with E-state index in [1.165, 1.54) is 0 Å². The first-order valence-electron chi connectivity index (χ1n) is 6.75. The number of fused-ring (bicyclic) bond motifs is 1. The van der Waals surface area contributed by atoms with Crippen LogP contribution in [0.5, 0.6) is 5.75 Å². The van der Waals surface area contributed by atoms with Gasteiger partial charge < -0.3 is 9.64 Å². The summed E-state index contributed by atoms with van der Waals surface area (Å²) >= 11 is 3.48. The zero-order valence-electron chi connectivity index (χ0n) is 11.9. The second-order valence-corrected chi connectivity index (χ2v) is 6.01. The van der Waals surface area contributed by atoms with Gasteiger partial charge in [-0.2, -0.15) is 5.10 Å². The summed E-state index contributed by atoms with van der Waals surface area (Å²) in [5, 5.41) is 4.06. The van der Waals surface area contributed by atoms with Gasteiger partial charge in [0.05, 0.1) is 12.6 Å². The van der Waals surface area contributed by atoms with E-state index in [1.807, 2.05) is 25.2 Å². The van der Waals surface area contributed by atoms with E-state index in [1.54, 1.807) is 28.9 Å². The highest BCUT2D eigenvalue weighted by molar-refractivity contribution is 9.10. The topological polar surface area (TPSA) is 47.4 Å². The van der Waals surface area contributed by atoms with Gasteiger partial charge in [0.15, 0.2) is 0 Å². The van der Waals surface area contributed by atoms with Crippen LogP contribution in [0.3, 0.4) is 0 Å². The smallest absolute Gasteiger partial charge is 0.272 e. The number of ether oxygens (including phenoxy) is 1. The van der Waals surface area contributed by atoms with Gasteiger partial charge in [0.25, 0.3) is 5.91 Å². The second-order valence-electron chi connectivity index (χ2n) is 5.09. The zero-order chi connectivity index (χ0) is 15.0. The lowest BCUT2D eigenvalue weighted by atomic mass is 9.99. The normalized spacial score (nSPS) is 17.0. The van der Waals surface area contributed by atoms with Gasteiger partial charge in [-0.05, 0) is 24.3 Å². The third-order valence-electron chi connectivity index (χ3n) is 3.81. The Morgan fingerprint density at radius 3 is 3.00 bits per heavy atom. The molecule has 2 aromatic rings. The van der Waals surface area contributed by atoms with Crippen molar-refractivity contribution in [3.05, 3.63) is 46.2 Å². The molecule has 1 aromatic heterocycles. The second kappa shape index (κ2) is 5.52. The molecule has 3 rings (SSSR count). The minimum absolute atomic E-state index is 0.00801. The molecular weight excluding hydrogens is 334 g/mol. The van der Waals surface area contributed by atoms with Gasteiger partial charge in [-0.25, -0.2) is 0 Å². The lowest BCUT2D eigenvalue weighted by Crippen LogP contribution is -2.35. The lowest BCUT2D eigenvalue weighted by Gasteiger charge is -2.33. The molecule has 1 unspecified atom stereocenters. The van der Waals surface area contributed by atoms with Gasteiger partial charge in [0.1, 0.15) is 11.4 Å². The van der Waals surface area contributed by atoms with E-state index in [9.17, 15) is 4.79 Å². The number of rotatable bonds is 2. The molecule has 0 saturated heterocycles. The van der Waals surface area contributed by atoms with Crippen LogP contribution in [-0.4, -0.2) is 34.2 Å². The predicted molar refractivity (Wildman–Crippen MR) is 82.3 cm³/mol. The average molecular weight is 350 g/mol. The number of carbonyl (C=O) groups excluding carboxylic acids is 1. The number of halogens is 1. The molecule has 1 amide bonds. The van der Waals surface area contributed by atoms with E-state index in [4.69, 9.17) is 4.74 Å². The number of amides is 1. The van der Waals surface area contributed by atoms with Crippen LogP contribution in [-0.2, 0) is 7.05 Å². The Morgan fingerprint density at radius 2 is 2.29 bits per heavy atom. The van der Waals surface area contributed by atoms with E-state index < -0.39 is 0 Å². The van der Waals surface area contributed by atoms with Gasteiger partial charge in [-0.1, -0.05) is 15.9 Å². The zero-order valence-corrected chi connectivity index (χ0v) is 13.5. The maximum absolute atomic E-state index is 12.6. The summed E-state index contributed by atoms with van der Waals surface area (Å²) < 4.78 is 8.26. The molecule has 110 valence electrons. The first kappa shape index (κ1) is 14.1. The summed E-state index contributed by atoms with van der Waals surface area (Å²) in [6, 6.07) is 7.65. The highest BCUT2D eigenvalue weighted by Crippen LogP contribution is 2.37. The molecule has 2 heterocycles. The van der Waals surface area contributed by atoms with E-state index in [0.717, 1.165) is 22.2 Å². The van der Waals surface area contributed by atoms with Crippen LogP contribution < -0.4 is 4.74 Å². The van der Waals surface area contributed by atoms with Crippen molar-refractivity contribution < 1.29 is 9.53 Å². The van der Waals surface area contributed by atoms with Crippen LogP contribution in [0, 0.1) is 0 Å². The van der Waals surface area contributed by atoms with Crippen molar-refractivity contribution >= 4 is 21.8 Å². The van der Waals surface area contributed by atoms with Crippen LogP contribution in [0.2, 0.25) is 0 Å². The summed E-state index contributed by atoms with van der Waals surface area (Å²) in [6.45, 7) is 0.613. The van der Waals surface area contributed by atoms with E-state index in [0.29, 0.717) is 12.3 Å². The van der Waals surface area contributed by atoms with Crippen LogP contribution >= 0.6 is 15.9 Å². The molecule has 0 fully saturated rings. The number of hydrogen-bond donors (Lipinski definition) is 0. The van der Waals surface area contributed by atoms with Crippen molar-refractivity contribution in [1.29, 1.82) is 0 Å². The molecule has 5 nitrogen and oxygen atoms in total. The van der Waals surface area contributed by atoms with Gasteiger partial charge in [-0.3, -0.25) is 9.48 Å². The fraction of sp³-hybridized carbons (Fsp3) is 0.333. The number of benzene rings is 1.